The van der Waals surface area contributed by atoms with Gasteiger partial charge in [0, 0.05) is 32.5 Å². The summed E-state index contributed by atoms with van der Waals surface area (Å²) in [6.07, 6.45) is 8.90. The Bertz CT molecular complexity index is 488. The van der Waals surface area contributed by atoms with E-state index in [1.807, 2.05) is 11.8 Å². The number of hydrogen-bond acceptors (Lipinski definition) is 4. The molecular weight excluding hydrogens is 280 g/mol. The van der Waals surface area contributed by atoms with Gasteiger partial charge in [0.1, 0.15) is 0 Å². The van der Waals surface area contributed by atoms with Crippen molar-refractivity contribution in [2.75, 3.05) is 13.1 Å². The summed E-state index contributed by atoms with van der Waals surface area (Å²) in [4.78, 5) is 18.4. The van der Waals surface area contributed by atoms with Crippen LogP contribution in [0.5, 0.6) is 0 Å². The van der Waals surface area contributed by atoms with E-state index in [1.54, 1.807) is 0 Å². The van der Waals surface area contributed by atoms with Gasteiger partial charge in [0.15, 0.2) is 5.82 Å². The highest BCUT2D eigenvalue weighted by atomic mass is 16.5. The molecule has 0 radical (unpaired) electrons. The fourth-order valence-corrected chi connectivity index (χ4v) is 3.54. The minimum atomic E-state index is 0.138. The molecular formula is C16H26N4O2. The zero-order chi connectivity index (χ0) is 15.4. The van der Waals surface area contributed by atoms with E-state index >= 15 is 0 Å². The van der Waals surface area contributed by atoms with Crippen LogP contribution in [0.1, 0.15) is 56.7 Å². The Balaban J connectivity index is 1.37. The SMILES string of the molecule is Cc1nc(CCC2CCN(C(=O)NC3CCCC3)CC2)no1. The van der Waals surface area contributed by atoms with Gasteiger partial charge in [0.2, 0.25) is 5.89 Å². The average molecular weight is 306 g/mol. The van der Waals surface area contributed by atoms with Crippen molar-refractivity contribution in [2.45, 2.75) is 64.3 Å². The van der Waals surface area contributed by atoms with Gasteiger partial charge in [0.25, 0.3) is 0 Å². The van der Waals surface area contributed by atoms with Crippen LogP contribution in [-0.2, 0) is 6.42 Å². The summed E-state index contributed by atoms with van der Waals surface area (Å²) in [7, 11) is 0. The lowest BCUT2D eigenvalue weighted by atomic mass is 9.92. The Kier molecular flexibility index (Phi) is 4.95. The Morgan fingerprint density at radius 2 is 2.00 bits per heavy atom. The number of rotatable bonds is 4. The van der Waals surface area contributed by atoms with E-state index in [4.69, 9.17) is 4.52 Å². The van der Waals surface area contributed by atoms with E-state index in [0.717, 1.165) is 57.4 Å². The maximum absolute atomic E-state index is 12.2. The third-order valence-electron chi connectivity index (χ3n) is 4.93. The quantitative estimate of drug-likeness (QED) is 0.928. The predicted octanol–water partition coefficient (Wildman–Crippen LogP) is 2.67. The lowest BCUT2D eigenvalue weighted by molar-refractivity contribution is 0.165. The minimum Gasteiger partial charge on any atom is -0.340 e. The Morgan fingerprint density at radius 1 is 1.27 bits per heavy atom. The summed E-state index contributed by atoms with van der Waals surface area (Å²) in [6, 6.07) is 0.547. The number of piperidine rings is 1. The van der Waals surface area contributed by atoms with Gasteiger partial charge in [-0.25, -0.2) is 4.79 Å². The number of urea groups is 1. The van der Waals surface area contributed by atoms with Gasteiger partial charge in [-0.1, -0.05) is 18.0 Å². The number of nitrogens with zero attached hydrogens (tertiary/aromatic N) is 3. The molecule has 2 aliphatic rings. The fraction of sp³-hybridized carbons (Fsp3) is 0.812. The monoisotopic (exact) mass is 306 g/mol. The van der Waals surface area contributed by atoms with Crippen LogP contribution >= 0.6 is 0 Å². The number of carbonyl (C=O) groups is 1. The molecule has 1 aromatic rings. The lowest BCUT2D eigenvalue weighted by Crippen LogP contribution is -2.47. The number of amides is 2. The van der Waals surface area contributed by atoms with Crippen LogP contribution in [0, 0.1) is 12.8 Å². The average Bonchev–Trinajstić information content (AvgIpc) is 3.17. The predicted molar refractivity (Wildman–Crippen MR) is 82.4 cm³/mol. The molecule has 0 spiro atoms. The van der Waals surface area contributed by atoms with Gasteiger partial charge in [-0.3, -0.25) is 0 Å². The Morgan fingerprint density at radius 3 is 2.64 bits per heavy atom. The van der Waals surface area contributed by atoms with Crippen molar-refractivity contribution in [1.29, 1.82) is 0 Å². The van der Waals surface area contributed by atoms with Crippen molar-refractivity contribution in [3.05, 3.63) is 11.7 Å². The van der Waals surface area contributed by atoms with Gasteiger partial charge >= 0.3 is 6.03 Å². The van der Waals surface area contributed by atoms with E-state index < -0.39 is 0 Å². The molecule has 1 saturated carbocycles. The molecule has 1 aliphatic heterocycles. The molecule has 1 saturated heterocycles. The van der Waals surface area contributed by atoms with Crippen LogP contribution < -0.4 is 5.32 Å². The summed E-state index contributed by atoms with van der Waals surface area (Å²) >= 11 is 0. The number of hydrogen-bond donors (Lipinski definition) is 1. The molecule has 0 atom stereocenters. The van der Waals surface area contributed by atoms with Crippen molar-refractivity contribution in [3.8, 4) is 0 Å². The summed E-state index contributed by atoms with van der Waals surface area (Å²) in [5.41, 5.74) is 0. The summed E-state index contributed by atoms with van der Waals surface area (Å²) in [5.74, 6) is 2.10. The molecule has 2 fully saturated rings. The summed E-state index contributed by atoms with van der Waals surface area (Å²) in [6.45, 7) is 3.56. The highest BCUT2D eigenvalue weighted by Crippen LogP contribution is 2.23. The van der Waals surface area contributed by atoms with Crippen LogP contribution in [0.15, 0.2) is 4.52 Å². The van der Waals surface area contributed by atoms with Crippen molar-refractivity contribution in [1.82, 2.24) is 20.4 Å². The molecule has 3 rings (SSSR count). The fourth-order valence-electron chi connectivity index (χ4n) is 3.54. The minimum absolute atomic E-state index is 0.138. The molecule has 1 aromatic heterocycles. The molecule has 0 unspecified atom stereocenters. The molecule has 1 aliphatic carbocycles. The molecule has 0 bridgehead atoms. The normalized spacial score (nSPS) is 20.5. The number of carbonyl (C=O) groups excluding carboxylic acids is 1. The summed E-state index contributed by atoms with van der Waals surface area (Å²) < 4.78 is 4.99. The van der Waals surface area contributed by atoms with E-state index in [1.165, 1.54) is 12.8 Å². The van der Waals surface area contributed by atoms with Crippen molar-refractivity contribution in [3.63, 3.8) is 0 Å². The smallest absolute Gasteiger partial charge is 0.317 e. The van der Waals surface area contributed by atoms with Gasteiger partial charge in [-0.15, -0.1) is 0 Å². The molecule has 6 nitrogen and oxygen atoms in total. The van der Waals surface area contributed by atoms with E-state index in [-0.39, 0.29) is 6.03 Å². The zero-order valence-corrected chi connectivity index (χ0v) is 13.4. The number of aryl methyl sites for hydroxylation is 2. The second-order valence-corrected chi connectivity index (χ2v) is 6.63. The molecule has 122 valence electrons. The van der Waals surface area contributed by atoms with E-state index in [9.17, 15) is 4.79 Å². The molecule has 6 heteroatoms. The van der Waals surface area contributed by atoms with Crippen molar-refractivity contribution >= 4 is 6.03 Å². The first-order valence-electron chi connectivity index (χ1n) is 8.55. The second-order valence-electron chi connectivity index (χ2n) is 6.63. The first kappa shape index (κ1) is 15.3. The topological polar surface area (TPSA) is 71.3 Å². The van der Waals surface area contributed by atoms with Gasteiger partial charge in [-0.05, 0) is 38.0 Å². The number of likely N-dealkylation sites (tertiary alicyclic amines) is 1. The first-order valence-corrected chi connectivity index (χ1v) is 8.55. The molecule has 1 N–H and O–H groups in total. The summed E-state index contributed by atoms with van der Waals surface area (Å²) in [5, 5.41) is 7.12. The highest BCUT2D eigenvalue weighted by Gasteiger charge is 2.25. The highest BCUT2D eigenvalue weighted by molar-refractivity contribution is 5.74. The Labute approximate surface area is 131 Å². The van der Waals surface area contributed by atoms with E-state index in [0.29, 0.717) is 17.9 Å². The Hall–Kier alpha value is -1.59. The van der Waals surface area contributed by atoms with Gasteiger partial charge in [0.05, 0.1) is 0 Å². The van der Waals surface area contributed by atoms with Crippen molar-refractivity contribution < 1.29 is 9.32 Å². The van der Waals surface area contributed by atoms with Crippen LogP contribution in [0.4, 0.5) is 4.79 Å². The first-order chi connectivity index (χ1) is 10.7. The van der Waals surface area contributed by atoms with Crippen LogP contribution in [0.3, 0.4) is 0 Å². The lowest BCUT2D eigenvalue weighted by Gasteiger charge is -2.32. The number of aromatic nitrogens is 2. The van der Waals surface area contributed by atoms with Crippen LogP contribution in [-0.4, -0.2) is 40.2 Å². The molecule has 2 amide bonds. The molecule has 2 heterocycles. The van der Waals surface area contributed by atoms with Gasteiger partial charge < -0.3 is 14.7 Å². The van der Waals surface area contributed by atoms with Crippen molar-refractivity contribution in [2.24, 2.45) is 5.92 Å². The maximum Gasteiger partial charge on any atom is 0.317 e. The zero-order valence-electron chi connectivity index (χ0n) is 13.4. The third-order valence-corrected chi connectivity index (χ3v) is 4.93. The standard InChI is InChI=1S/C16H26N4O2/c1-12-17-15(19-22-12)7-6-13-8-10-20(11-9-13)16(21)18-14-4-2-3-5-14/h13-14H,2-11H2,1H3,(H,18,21). The molecule has 22 heavy (non-hydrogen) atoms. The van der Waals surface area contributed by atoms with Crippen LogP contribution in [0.2, 0.25) is 0 Å². The third kappa shape index (κ3) is 3.99. The largest absolute Gasteiger partial charge is 0.340 e. The molecule has 0 aromatic carbocycles. The number of nitrogens with one attached hydrogen (secondary N) is 1. The van der Waals surface area contributed by atoms with E-state index in [2.05, 4.69) is 15.5 Å². The van der Waals surface area contributed by atoms with Gasteiger partial charge in [-0.2, -0.15) is 4.98 Å². The van der Waals surface area contributed by atoms with Crippen LogP contribution in [0.25, 0.3) is 0 Å². The second kappa shape index (κ2) is 7.11. The maximum atomic E-state index is 12.2.